The Labute approximate surface area is 88.9 Å². The molecule has 90 valence electrons. The maximum atomic E-state index is 12.9. The van der Waals surface area contributed by atoms with Crippen molar-refractivity contribution < 1.29 is 22.3 Å². The van der Waals surface area contributed by atoms with Crippen LogP contribution in [0, 0.1) is 0 Å². The first-order valence-corrected chi connectivity index (χ1v) is 8.41. The van der Waals surface area contributed by atoms with Gasteiger partial charge in [-0.2, -0.15) is 13.2 Å². The Morgan fingerprint density at radius 3 is 2.13 bits per heavy atom. The molecule has 0 aromatic carbocycles. The van der Waals surface area contributed by atoms with Crippen LogP contribution in [0.15, 0.2) is 0 Å². The van der Waals surface area contributed by atoms with E-state index in [4.69, 9.17) is 9.16 Å². The lowest BCUT2D eigenvalue weighted by Gasteiger charge is -2.36. The van der Waals surface area contributed by atoms with Crippen molar-refractivity contribution in [2.45, 2.75) is 57.5 Å². The third kappa shape index (κ3) is 2.95. The molecule has 0 aliphatic carbocycles. The molecule has 0 N–H and O–H groups in total. The summed E-state index contributed by atoms with van der Waals surface area (Å²) in [5.41, 5.74) is 0. The van der Waals surface area contributed by atoms with Gasteiger partial charge in [-0.1, -0.05) is 0 Å². The first-order chi connectivity index (χ1) is 6.56. The Kier molecular flexibility index (Phi) is 3.24. The van der Waals surface area contributed by atoms with Crippen LogP contribution in [0.1, 0.15) is 19.8 Å². The normalized spacial score (nSPS) is 33.4. The SMILES string of the molecule is CC1CCC(O[Si](C)(C)C)(C(F)(F)F)O1. The van der Waals surface area contributed by atoms with Crippen LogP contribution in [0.25, 0.3) is 0 Å². The lowest BCUT2D eigenvalue weighted by molar-refractivity contribution is -0.347. The summed E-state index contributed by atoms with van der Waals surface area (Å²) < 4.78 is 48.9. The topological polar surface area (TPSA) is 18.5 Å². The van der Waals surface area contributed by atoms with Crippen LogP contribution in [0.4, 0.5) is 13.2 Å². The molecule has 15 heavy (non-hydrogen) atoms. The minimum atomic E-state index is -4.45. The Hall–Kier alpha value is -0.0731. The maximum Gasteiger partial charge on any atom is 0.442 e. The van der Waals surface area contributed by atoms with Gasteiger partial charge in [0.2, 0.25) is 0 Å². The molecular formula is C9H17F3O2Si. The van der Waals surface area contributed by atoms with Crippen molar-refractivity contribution >= 4 is 8.32 Å². The van der Waals surface area contributed by atoms with Crippen molar-refractivity contribution in [1.82, 2.24) is 0 Å². The van der Waals surface area contributed by atoms with Crippen molar-refractivity contribution in [3.63, 3.8) is 0 Å². The fourth-order valence-electron chi connectivity index (χ4n) is 1.67. The van der Waals surface area contributed by atoms with Gasteiger partial charge >= 0.3 is 6.18 Å². The summed E-state index contributed by atoms with van der Waals surface area (Å²) in [7, 11) is -2.28. The molecule has 1 saturated heterocycles. The molecule has 1 heterocycles. The van der Waals surface area contributed by atoms with Gasteiger partial charge in [0.25, 0.3) is 5.79 Å². The zero-order valence-corrected chi connectivity index (χ0v) is 10.4. The highest BCUT2D eigenvalue weighted by atomic mass is 28.4. The van der Waals surface area contributed by atoms with Gasteiger partial charge in [0.05, 0.1) is 6.10 Å². The van der Waals surface area contributed by atoms with E-state index in [0.717, 1.165) is 0 Å². The Bertz CT molecular complexity index is 236. The van der Waals surface area contributed by atoms with Crippen LogP contribution in [0.2, 0.25) is 19.6 Å². The average Bonchev–Trinajstić information content (AvgIpc) is 2.27. The molecular weight excluding hydrogens is 225 g/mol. The number of ether oxygens (including phenoxy) is 1. The highest BCUT2D eigenvalue weighted by Crippen LogP contribution is 2.45. The molecule has 1 rings (SSSR count). The predicted octanol–water partition coefficient (Wildman–Crippen LogP) is 3.30. The van der Waals surface area contributed by atoms with Crippen molar-refractivity contribution in [3.8, 4) is 0 Å². The number of alkyl halides is 3. The number of hydrogen-bond acceptors (Lipinski definition) is 2. The summed E-state index contributed by atoms with van der Waals surface area (Å²) in [6.45, 7) is 6.83. The van der Waals surface area contributed by atoms with Crippen molar-refractivity contribution in [2.24, 2.45) is 0 Å². The van der Waals surface area contributed by atoms with E-state index in [9.17, 15) is 13.2 Å². The minimum absolute atomic E-state index is 0.0953. The molecule has 0 bridgehead atoms. The van der Waals surface area contributed by atoms with Gasteiger partial charge in [0, 0.05) is 6.42 Å². The van der Waals surface area contributed by atoms with Crippen LogP contribution in [-0.2, 0) is 9.16 Å². The molecule has 6 heteroatoms. The molecule has 1 aliphatic rings. The number of hydrogen-bond donors (Lipinski definition) is 0. The van der Waals surface area contributed by atoms with Crippen molar-refractivity contribution in [2.75, 3.05) is 0 Å². The Morgan fingerprint density at radius 1 is 1.33 bits per heavy atom. The Morgan fingerprint density at radius 2 is 1.87 bits per heavy atom. The van der Waals surface area contributed by atoms with Gasteiger partial charge in [0.1, 0.15) is 0 Å². The summed E-state index contributed by atoms with van der Waals surface area (Å²) in [4.78, 5) is 0. The monoisotopic (exact) mass is 242 g/mol. The largest absolute Gasteiger partial charge is 0.442 e. The maximum absolute atomic E-state index is 12.9. The van der Waals surface area contributed by atoms with E-state index in [1.807, 2.05) is 0 Å². The molecule has 2 nitrogen and oxygen atoms in total. The second kappa shape index (κ2) is 3.75. The molecule has 0 amide bonds. The van der Waals surface area contributed by atoms with Gasteiger partial charge in [-0.25, -0.2) is 0 Å². The van der Waals surface area contributed by atoms with E-state index < -0.39 is 20.3 Å². The molecule has 1 aliphatic heterocycles. The van der Waals surface area contributed by atoms with Crippen LogP contribution < -0.4 is 0 Å². The molecule has 0 aromatic heterocycles. The smallest absolute Gasteiger partial charge is 0.384 e. The molecule has 0 saturated carbocycles. The van der Waals surface area contributed by atoms with E-state index in [1.54, 1.807) is 26.6 Å². The third-order valence-electron chi connectivity index (χ3n) is 2.17. The quantitative estimate of drug-likeness (QED) is 0.692. The lowest BCUT2D eigenvalue weighted by atomic mass is 10.1. The molecule has 0 aromatic rings. The summed E-state index contributed by atoms with van der Waals surface area (Å²) in [6.07, 6.45) is -4.53. The minimum Gasteiger partial charge on any atom is -0.384 e. The molecule has 2 unspecified atom stereocenters. The lowest BCUT2D eigenvalue weighted by Crippen LogP contribution is -2.53. The standard InChI is InChI=1S/C9H17F3O2Si/c1-7-5-6-8(13-7,9(10,11)12)14-15(2,3)4/h7H,5-6H2,1-4H3. The zero-order chi connectivity index (χ0) is 11.9. The fourth-order valence-corrected chi connectivity index (χ4v) is 2.93. The highest BCUT2D eigenvalue weighted by molar-refractivity contribution is 6.69. The van der Waals surface area contributed by atoms with Crippen molar-refractivity contribution in [1.29, 1.82) is 0 Å². The molecule has 2 atom stereocenters. The first kappa shape index (κ1) is 13.0. The van der Waals surface area contributed by atoms with Gasteiger partial charge in [-0.15, -0.1) is 0 Å². The van der Waals surface area contributed by atoms with E-state index in [1.165, 1.54) is 0 Å². The summed E-state index contributed by atoms with van der Waals surface area (Å²) >= 11 is 0. The van der Waals surface area contributed by atoms with E-state index in [-0.39, 0.29) is 12.5 Å². The van der Waals surface area contributed by atoms with Crippen LogP contribution >= 0.6 is 0 Å². The Balaban J connectivity index is 2.89. The number of rotatable bonds is 2. The third-order valence-corrected chi connectivity index (χ3v) is 3.12. The summed E-state index contributed by atoms with van der Waals surface area (Å²) in [6, 6.07) is 0. The van der Waals surface area contributed by atoms with E-state index in [2.05, 4.69) is 0 Å². The van der Waals surface area contributed by atoms with E-state index in [0.29, 0.717) is 6.42 Å². The number of halogens is 3. The average molecular weight is 242 g/mol. The van der Waals surface area contributed by atoms with Crippen molar-refractivity contribution in [3.05, 3.63) is 0 Å². The zero-order valence-electron chi connectivity index (χ0n) is 9.44. The van der Waals surface area contributed by atoms with Gasteiger partial charge in [0.15, 0.2) is 8.32 Å². The fraction of sp³-hybridized carbons (Fsp3) is 1.00. The van der Waals surface area contributed by atoms with Gasteiger partial charge < -0.3 is 9.16 Å². The molecule has 0 radical (unpaired) electrons. The first-order valence-electron chi connectivity index (χ1n) is 5.00. The van der Waals surface area contributed by atoms with Crippen LogP contribution in [0.3, 0.4) is 0 Å². The molecule has 0 spiro atoms. The second-order valence-corrected chi connectivity index (χ2v) is 9.36. The second-order valence-electron chi connectivity index (χ2n) is 4.93. The highest BCUT2D eigenvalue weighted by Gasteiger charge is 2.62. The van der Waals surface area contributed by atoms with Gasteiger partial charge in [-0.3, -0.25) is 0 Å². The van der Waals surface area contributed by atoms with E-state index >= 15 is 0 Å². The predicted molar refractivity (Wildman–Crippen MR) is 53.0 cm³/mol. The van der Waals surface area contributed by atoms with Gasteiger partial charge in [-0.05, 0) is 33.0 Å². The molecule has 1 fully saturated rings. The summed E-state index contributed by atoms with van der Waals surface area (Å²) in [5.74, 6) is -2.35. The van der Waals surface area contributed by atoms with Crippen LogP contribution in [-0.4, -0.2) is 26.4 Å². The van der Waals surface area contributed by atoms with Crippen LogP contribution in [0.5, 0.6) is 0 Å². The summed E-state index contributed by atoms with van der Waals surface area (Å²) in [5, 5.41) is 0.